The molecule has 1 heterocycles. The number of hydrogen-bond acceptors (Lipinski definition) is 3. The summed E-state index contributed by atoms with van der Waals surface area (Å²) in [4.78, 5) is 12.1. The van der Waals surface area contributed by atoms with Gasteiger partial charge in [-0.15, -0.1) is 0 Å². The topological polar surface area (TPSA) is 55.1 Å². The maximum absolute atomic E-state index is 12.1. The largest absolute Gasteiger partial charge is 0.391 e. The van der Waals surface area contributed by atoms with Gasteiger partial charge in [0.15, 0.2) is 0 Å². The van der Waals surface area contributed by atoms with Crippen molar-refractivity contribution < 1.29 is 5.11 Å². The third kappa shape index (κ3) is 2.80. The summed E-state index contributed by atoms with van der Waals surface area (Å²) in [6, 6.07) is -0.200. The average Bonchev–Trinajstić information content (AvgIpc) is 2.52. The molecule has 1 aliphatic rings. The summed E-state index contributed by atoms with van der Waals surface area (Å²) in [5.41, 5.74) is -0.190. The highest BCUT2D eigenvalue weighted by Gasteiger charge is 2.25. The van der Waals surface area contributed by atoms with E-state index in [2.05, 4.69) is 37.0 Å². The average molecular weight is 366 g/mol. The molecule has 0 aromatic carbocycles. The first kappa shape index (κ1) is 13.2. The van der Waals surface area contributed by atoms with Crippen LogP contribution < -0.4 is 5.56 Å². The van der Waals surface area contributed by atoms with Crippen LogP contribution in [0.2, 0.25) is 0 Å². The highest BCUT2D eigenvalue weighted by atomic mass is 79.9. The molecule has 0 saturated heterocycles. The molecule has 0 bridgehead atoms. The summed E-state index contributed by atoms with van der Waals surface area (Å²) >= 11 is 6.48. The first-order chi connectivity index (χ1) is 8.11. The number of aliphatic hydroxyl groups is 1. The van der Waals surface area contributed by atoms with Crippen LogP contribution in [0.25, 0.3) is 0 Å². The molecule has 6 heteroatoms. The summed E-state index contributed by atoms with van der Waals surface area (Å²) < 4.78 is 2.51. The lowest BCUT2D eigenvalue weighted by molar-refractivity contribution is 0.0961. The molecule has 2 rings (SSSR count). The Labute approximate surface area is 116 Å². The smallest absolute Gasteiger partial charge is 0.282 e. The van der Waals surface area contributed by atoms with E-state index in [4.69, 9.17) is 0 Å². The van der Waals surface area contributed by atoms with Crippen molar-refractivity contribution in [3.8, 4) is 0 Å². The van der Waals surface area contributed by atoms with E-state index in [9.17, 15) is 9.90 Å². The van der Waals surface area contributed by atoms with E-state index >= 15 is 0 Å². The summed E-state index contributed by atoms with van der Waals surface area (Å²) in [5, 5.41) is 14.2. The first-order valence-electron chi connectivity index (χ1n) is 5.72. The Morgan fingerprint density at radius 1 is 1.29 bits per heavy atom. The zero-order valence-corrected chi connectivity index (χ0v) is 12.4. The van der Waals surface area contributed by atoms with E-state index in [1.165, 1.54) is 4.68 Å². The van der Waals surface area contributed by atoms with Crippen molar-refractivity contribution in [2.45, 2.75) is 44.2 Å². The van der Waals surface area contributed by atoms with Crippen LogP contribution in [-0.2, 0) is 0 Å². The van der Waals surface area contributed by atoms with E-state index in [1.807, 2.05) is 0 Å². The van der Waals surface area contributed by atoms with Crippen molar-refractivity contribution in [1.29, 1.82) is 0 Å². The van der Waals surface area contributed by atoms with Crippen LogP contribution in [0.4, 0.5) is 0 Å². The molecular weight excluding hydrogens is 352 g/mol. The Morgan fingerprint density at radius 2 is 2.00 bits per heavy atom. The number of nitrogens with zero attached hydrogens (tertiary/aromatic N) is 2. The van der Waals surface area contributed by atoms with Crippen molar-refractivity contribution in [3.63, 3.8) is 0 Å². The van der Waals surface area contributed by atoms with Crippen LogP contribution in [-0.4, -0.2) is 21.0 Å². The highest BCUT2D eigenvalue weighted by Crippen LogP contribution is 2.27. The second-order valence-corrected chi connectivity index (χ2v) is 5.98. The fraction of sp³-hybridized carbons (Fsp3) is 0.636. The van der Waals surface area contributed by atoms with Crippen LogP contribution in [0.5, 0.6) is 0 Å². The van der Waals surface area contributed by atoms with E-state index in [0.717, 1.165) is 32.1 Å². The van der Waals surface area contributed by atoms with Gasteiger partial charge in [0.25, 0.3) is 5.56 Å². The Balaban J connectivity index is 2.38. The van der Waals surface area contributed by atoms with Crippen molar-refractivity contribution in [2.24, 2.45) is 0 Å². The fourth-order valence-corrected chi connectivity index (χ4v) is 2.76. The zero-order chi connectivity index (χ0) is 12.4. The predicted octanol–water partition coefficient (Wildman–Crippen LogP) is 2.63. The van der Waals surface area contributed by atoms with Crippen molar-refractivity contribution in [1.82, 2.24) is 9.78 Å². The summed E-state index contributed by atoms with van der Waals surface area (Å²) in [6.45, 7) is 0. The number of aromatic nitrogens is 2. The maximum atomic E-state index is 12.1. The normalized spacial score (nSPS) is 25.6. The lowest BCUT2D eigenvalue weighted by Crippen LogP contribution is -2.34. The molecule has 1 fully saturated rings. The van der Waals surface area contributed by atoms with Crippen molar-refractivity contribution >= 4 is 31.9 Å². The minimum absolute atomic E-state index is 0.190. The summed E-state index contributed by atoms with van der Waals surface area (Å²) in [7, 11) is 0. The summed E-state index contributed by atoms with van der Waals surface area (Å²) in [6.07, 6.45) is 5.82. The third-order valence-electron chi connectivity index (χ3n) is 3.16. The fourth-order valence-electron chi connectivity index (χ4n) is 2.21. The molecule has 94 valence electrons. The van der Waals surface area contributed by atoms with Crippen LogP contribution in [0, 0.1) is 0 Å². The van der Waals surface area contributed by atoms with Gasteiger partial charge in [0.1, 0.15) is 4.47 Å². The molecular formula is C11H14Br2N2O2. The molecule has 0 radical (unpaired) electrons. The second kappa shape index (κ2) is 5.63. The maximum Gasteiger partial charge on any atom is 0.282 e. The van der Waals surface area contributed by atoms with E-state index in [0.29, 0.717) is 8.95 Å². The number of rotatable bonds is 1. The van der Waals surface area contributed by atoms with Crippen molar-refractivity contribution in [2.75, 3.05) is 0 Å². The van der Waals surface area contributed by atoms with Crippen LogP contribution >= 0.6 is 31.9 Å². The van der Waals surface area contributed by atoms with Gasteiger partial charge < -0.3 is 5.11 Å². The van der Waals surface area contributed by atoms with Crippen molar-refractivity contribution in [3.05, 3.63) is 25.5 Å². The van der Waals surface area contributed by atoms with Gasteiger partial charge in [0, 0.05) is 0 Å². The van der Waals surface area contributed by atoms with E-state index in [-0.39, 0.29) is 11.6 Å². The Kier molecular flexibility index (Phi) is 4.38. The number of halogens is 2. The standard InChI is InChI=1S/C11H14Br2N2O2/c12-7-6-14-15(11(17)10(7)13)8-4-2-1-3-5-9(8)16/h6,8-9,16H,1-5H2. The van der Waals surface area contributed by atoms with Gasteiger partial charge in [-0.25, -0.2) is 4.68 Å². The van der Waals surface area contributed by atoms with Gasteiger partial charge in [-0.3, -0.25) is 4.79 Å². The monoisotopic (exact) mass is 364 g/mol. The molecule has 0 spiro atoms. The number of hydrogen-bond donors (Lipinski definition) is 1. The van der Waals surface area contributed by atoms with Gasteiger partial charge in [0.05, 0.1) is 22.8 Å². The summed E-state index contributed by atoms with van der Waals surface area (Å²) in [5.74, 6) is 0. The van der Waals surface area contributed by atoms with Gasteiger partial charge in [-0.2, -0.15) is 5.10 Å². The lowest BCUT2D eigenvalue weighted by Gasteiger charge is -2.21. The molecule has 0 amide bonds. The molecule has 0 aliphatic heterocycles. The second-order valence-electron chi connectivity index (χ2n) is 4.33. The SMILES string of the molecule is O=c1c(Br)c(Br)cnn1C1CCCCCC1O. The molecule has 1 saturated carbocycles. The minimum Gasteiger partial charge on any atom is -0.391 e. The Morgan fingerprint density at radius 3 is 2.76 bits per heavy atom. The van der Waals surface area contributed by atoms with Gasteiger partial charge in [0.2, 0.25) is 0 Å². The van der Waals surface area contributed by atoms with Crippen LogP contribution in [0.15, 0.2) is 19.9 Å². The molecule has 1 N–H and O–H groups in total. The predicted molar refractivity (Wildman–Crippen MR) is 72.0 cm³/mol. The lowest BCUT2D eigenvalue weighted by atomic mass is 10.1. The number of aliphatic hydroxyl groups excluding tert-OH is 1. The molecule has 1 aromatic rings. The molecule has 1 aliphatic carbocycles. The van der Waals surface area contributed by atoms with Crippen LogP contribution in [0.1, 0.15) is 38.1 Å². The Bertz CT molecular complexity index is 461. The van der Waals surface area contributed by atoms with E-state index in [1.54, 1.807) is 6.20 Å². The molecule has 2 unspecified atom stereocenters. The van der Waals surface area contributed by atoms with E-state index < -0.39 is 6.10 Å². The van der Waals surface area contributed by atoms with Gasteiger partial charge in [-0.1, -0.05) is 19.3 Å². The quantitative estimate of drug-likeness (QED) is 0.778. The third-order valence-corrected chi connectivity index (χ3v) is 5.06. The minimum atomic E-state index is -0.476. The Hall–Kier alpha value is -0.200. The molecule has 17 heavy (non-hydrogen) atoms. The molecule has 2 atom stereocenters. The molecule has 1 aromatic heterocycles. The van der Waals surface area contributed by atoms with Gasteiger partial charge >= 0.3 is 0 Å². The van der Waals surface area contributed by atoms with Crippen LogP contribution in [0.3, 0.4) is 0 Å². The van der Waals surface area contributed by atoms with Gasteiger partial charge in [-0.05, 0) is 44.7 Å². The highest BCUT2D eigenvalue weighted by molar-refractivity contribution is 9.13. The first-order valence-corrected chi connectivity index (χ1v) is 7.30. The molecule has 4 nitrogen and oxygen atoms in total. The zero-order valence-electron chi connectivity index (χ0n) is 9.27.